The zero-order valence-electron chi connectivity index (χ0n) is 18.6. The molecule has 1 unspecified atom stereocenters. The number of nitrogens with zero attached hydrogens (tertiary/aromatic N) is 2. The van der Waals surface area contributed by atoms with Gasteiger partial charge in [0.25, 0.3) is 5.56 Å². The molecule has 32 heavy (non-hydrogen) atoms. The number of aryl methyl sites for hydroxylation is 1. The second-order valence-electron chi connectivity index (χ2n) is 8.16. The van der Waals surface area contributed by atoms with Gasteiger partial charge in [-0.1, -0.05) is 6.07 Å². The molecule has 0 aliphatic carbocycles. The molecule has 0 saturated carbocycles. The van der Waals surface area contributed by atoms with E-state index in [1.165, 1.54) is 11.3 Å². The van der Waals surface area contributed by atoms with Crippen LogP contribution in [0.3, 0.4) is 0 Å². The van der Waals surface area contributed by atoms with Crippen molar-refractivity contribution >= 4 is 27.4 Å². The maximum Gasteiger partial charge on any atom is 0.325 e. The lowest BCUT2D eigenvalue weighted by atomic mass is 9.97. The lowest BCUT2D eigenvalue weighted by molar-refractivity contribution is -0.152. The van der Waals surface area contributed by atoms with Gasteiger partial charge in [0.05, 0.1) is 19.6 Å². The van der Waals surface area contributed by atoms with Crippen molar-refractivity contribution in [2.75, 3.05) is 33.9 Å². The molecule has 1 aromatic carbocycles. The summed E-state index contributed by atoms with van der Waals surface area (Å²) >= 11 is 1.53. The van der Waals surface area contributed by atoms with E-state index in [0.717, 1.165) is 27.2 Å². The Morgan fingerprint density at radius 2 is 2.00 bits per heavy atom. The molecule has 2 N–H and O–H groups in total. The van der Waals surface area contributed by atoms with E-state index in [4.69, 9.17) is 9.47 Å². The number of carboxylic acid groups (broad SMARTS) is 1. The number of piperazine rings is 1. The monoisotopic (exact) mass is 457 g/mol. The molecule has 0 radical (unpaired) electrons. The molecule has 1 atom stereocenters. The summed E-state index contributed by atoms with van der Waals surface area (Å²) in [4.78, 5) is 27.8. The molecule has 0 amide bonds. The Balaban J connectivity index is 1.80. The standard InChI is InChI=1S/C23H27N3O5S/c1-23(22(28)29)13-24-7-8-26(23)11-15-10-16-20(32-15)17(12-25(2)21(16)27)14-5-6-18(30-3)19(9-14)31-4/h5-6,9-10,12,24H,7-8,11,13H2,1-4H3,(H,28,29). The number of hydrogen-bond acceptors (Lipinski definition) is 7. The predicted molar refractivity (Wildman–Crippen MR) is 125 cm³/mol. The van der Waals surface area contributed by atoms with Crippen LogP contribution in [0.4, 0.5) is 0 Å². The highest BCUT2D eigenvalue weighted by atomic mass is 32.1. The molecule has 0 spiro atoms. The summed E-state index contributed by atoms with van der Waals surface area (Å²) in [5.74, 6) is 0.394. The van der Waals surface area contributed by atoms with Crippen molar-refractivity contribution in [3.8, 4) is 22.6 Å². The third kappa shape index (κ3) is 3.76. The molecule has 1 fully saturated rings. The smallest absolute Gasteiger partial charge is 0.325 e. The third-order valence-corrected chi connectivity index (χ3v) is 7.28. The van der Waals surface area contributed by atoms with Crippen molar-refractivity contribution in [3.63, 3.8) is 0 Å². The summed E-state index contributed by atoms with van der Waals surface area (Å²) in [5, 5.41) is 13.6. The van der Waals surface area contributed by atoms with E-state index in [9.17, 15) is 14.7 Å². The van der Waals surface area contributed by atoms with Gasteiger partial charge in [0.1, 0.15) is 5.54 Å². The Morgan fingerprint density at radius 1 is 1.25 bits per heavy atom. The maximum atomic E-state index is 12.9. The molecule has 2 aromatic heterocycles. The number of benzene rings is 1. The topological polar surface area (TPSA) is 93.0 Å². The van der Waals surface area contributed by atoms with E-state index >= 15 is 0 Å². The summed E-state index contributed by atoms with van der Waals surface area (Å²) in [6.45, 7) is 3.94. The number of methoxy groups -OCH3 is 2. The maximum absolute atomic E-state index is 12.9. The lowest BCUT2D eigenvalue weighted by Crippen LogP contribution is -2.63. The quantitative estimate of drug-likeness (QED) is 0.588. The van der Waals surface area contributed by atoms with Gasteiger partial charge in [0.2, 0.25) is 0 Å². The average molecular weight is 458 g/mol. The summed E-state index contributed by atoms with van der Waals surface area (Å²) in [5.41, 5.74) is 0.758. The summed E-state index contributed by atoms with van der Waals surface area (Å²) in [6.07, 6.45) is 1.83. The van der Waals surface area contributed by atoms with Crippen LogP contribution in [0.2, 0.25) is 0 Å². The van der Waals surface area contributed by atoms with Crippen molar-refractivity contribution < 1.29 is 19.4 Å². The van der Waals surface area contributed by atoms with Crippen molar-refractivity contribution in [1.82, 2.24) is 14.8 Å². The first-order valence-electron chi connectivity index (χ1n) is 10.3. The van der Waals surface area contributed by atoms with Crippen LogP contribution in [0.1, 0.15) is 11.8 Å². The zero-order valence-corrected chi connectivity index (χ0v) is 19.4. The Bertz CT molecular complexity index is 1230. The SMILES string of the molecule is COc1ccc(-c2cn(C)c(=O)c3cc(CN4CCNCC4(C)C(=O)O)sc23)cc1OC. The van der Waals surface area contributed by atoms with Gasteiger partial charge in [-0.05, 0) is 30.7 Å². The number of ether oxygens (including phenoxy) is 2. The number of carbonyl (C=O) groups is 1. The number of hydrogen-bond donors (Lipinski definition) is 2. The largest absolute Gasteiger partial charge is 0.493 e. The minimum atomic E-state index is -0.994. The van der Waals surface area contributed by atoms with Gasteiger partial charge in [-0.2, -0.15) is 0 Å². The second kappa shape index (κ2) is 8.57. The first kappa shape index (κ1) is 22.3. The minimum Gasteiger partial charge on any atom is -0.493 e. The van der Waals surface area contributed by atoms with Crippen LogP contribution in [0, 0.1) is 0 Å². The van der Waals surface area contributed by atoms with Crippen molar-refractivity contribution in [2.45, 2.75) is 19.0 Å². The van der Waals surface area contributed by atoms with Crippen LogP contribution >= 0.6 is 11.3 Å². The molecule has 1 aliphatic heterocycles. The first-order valence-corrected chi connectivity index (χ1v) is 11.1. The summed E-state index contributed by atoms with van der Waals surface area (Å²) in [7, 11) is 4.92. The van der Waals surface area contributed by atoms with Crippen molar-refractivity contribution in [3.05, 3.63) is 45.7 Å². The Labute approximate surface area is 190 Å². The van der Waals surface area contributed by atoms with Gasteiger partial charge in [-0.25, -0.2) is 0 Å². The highest BCUT2D eigenvalue weighted by Crippen LogP contribution is 2.38. The number of fused-ring (bicyclic) bond motifs is 1. The molecular formula is C23H27N3O5S. The molecule has 3 aromatic rings. The third-order valence-electron chi connectivity index (χ3n) is 6.13. The fourth-order valence-electron chi connectivity index (χ4n) is 4.15. The minimum absolute atomic E-state index is 0.0759. The molecule has 3 heterocycles. The zero-order chi connectivity index (χ0) is 23.0. The molecule has 8 nitrogen and oxygen atoms in total. The van der Waals surface area contributed by atoms with Crippen molar-refractivity contribution in [1.29, 1.82) is 0 Å². The first-order chi connectivity index (χ1) is 15.3. The highest BCUT2D eigenvalue weighted by molar-refractivity contribution is 7.19. The fourth-order valence-corrected chi connectivity index (χ4v) is 5.34. The van der Waals surface area contributed by atoms with Gasteiger partial charge in [0, 0.05) is 54.6 Å². The lowest BCUT2D eigenvalue weighted by Gasteiger charge is -2.41. The number of carboxylic acids is 1. The van der Waals surface area contributed by atoms with Gasteiger partial charge in [-0.3, -0.25) is 14.5 Å². The van der Waals surface area contributed by atoms with Crippen LogP contribution < -0.4 is 20.3 Å². The Hall–Kier alpha value is -2.88. The molecule has 4 rings (SSSR count). The Kier molecular flexibility index (Phi) is 5.98. The summed E-state index contributed by atoms with van der Waals surface area (Å²) in [6, 6.07) is 7.59. The van der Waals surface area contributed by atoms with Crippen LogP contribution in [0.15, 0.2) is 35.3 Å². The number of pyridine rings is 1. The highest BCUT2D eigenvalue weighted by Gasteiger charge is 2.41. The number of rotatable bonds is 6. The van der Waals surface area contributed by atoms with Crippen LogP contribution in [0.25, 0.3) is 21.2 Å². The number of aliphatic carboxylic acids is 1. The van der Waals surface area contributed by atoms with Crippen LogP contribution in [-0.2, 0) is 18.4 Å². The van der Waals surface area contributed by atoms with E-state index in [1.54, 1.807) is 32.8 Å². The molecule has 1 saturated heterocycles. The van der Waals surface area contributed by atoms with E-state index in [0.29, 0.717) is 36.5 Å². The molecular weight excluding hydrogens is 430 g/mol. The Morgan fingerprint density at radius 3 is 2.69 bits per heavy atom. The van der Waals surface area contributed by atoms with E-state index in [1.807, 2.05) is 35.4 Å². The van der Waals surface area contributed by atoms with Gasteiger partial charge in [-0.15, -0.1) is 11.3 Å². The van der Waals surface area contributed by atoms with Crippen LogP contribution in [0.5, 0.6) is 11.5 Å². The van der Waals surface area contributed by atoms with E-state index in [2.05, 4.69) is 5.32 Å². The van der Waals surface area contributed by atoms with Gasteiger partial charge in [0.15, 0.2) is 11.5 Å². The number of thiophene rings is 1. The van der Waals surface area contributed by atoms with Gasteiger partial charge >= 0.3 is 5.97 Å². The molecule has 1 aliphatic rings. The second-order valence-corrected chi connectivity index (χ2v) is 9.30. The van der Waals surface area contributed by atoms with E-state index in [-0.39, 0.29) is 5.56 Å². The molecule has 9 heteroatoms. The van der Waals surface area contributed by atoms with E-state index < -0.39 is 11.5 Å². The normalized spacial score (nSPS) is 19.2. The van der Waals surface area contributed by atoms with Crippen molar-refractivity contribution in [2.24, 2.45) is 7.05 Å². The average Bonchev–Trinajstić information content (AvgIpc) is 3.21. The van der Waals surface area contributed by atoms with Gasteiger partial charge < -0.3 is 24.5 Å². The summed E-state index contributed by atoms with van der Waals surface area (Å²) < 4.78 is 13.3. The number of aromatic nitrogens is 1. The number of nitrogens with one attached hydrogen (secondary N) is 1. The van der Waals surface area contributed by atoms with Crippen LogP contribution in [-0.4, -0.2) is 59.9 Å². The fraction of sp³-hybridized carbons (Fsp3) is 0.391. The molecule has 0 bridgehead atoms. The molecule has 170 valence electrons. The predicted octanol–water partition coefficient (Wildman–Crippen LogP) is 2.53.